The largest absolute Gasteiger partial charge is 0.489 e. The standard InChI is InChI=1S/C23H30O4S/c1-22(2,3)16-9-7-10-18(13-16)28(24,25)20-12-8-11-19(23(4,5)6)21(20)27-15-17-14-26-17/h7-13,17H,14-15H2,1-6H3. The van der Waals surface area contributed by atoms with Crippen molar-refractivity contribution >= 4 is 9.84 Å². The molecule has 1 fully saturated rings. The summed E-state index contributed by atoms with van der Waals surface area (Å²) in [4.78, 5) is 0.505. The number of sulfone groups is 1. The zero-order valence-corrected chi connectivity index (χ0v) is 18.4. The molecule has 1 unspecified atom stereocenters. The van der Waals surface area contributed by atoms with E-state index in [1.807, 2.05) is 12.1 Å². The predicted molar refractivity (Wildman–Crippen MR) is 111 cm³/mol. The normalized spacial score (nSPS) is 17.4. The van der Waals surface area contributed by atoms with Crippen molar-refractivity contribution in [1.82, 2.24) is 0 Å². The first-order valence-electron chi connectivity index (χ1n) is 9.64. The molecule has 0 aromatic heterocycles. The van der Waals surface area contributed by atoms with Gasteiger partial charge in [-0.3, -0.25) is 0 Å². The van der Waals surface area contributed by atoms with Crippen molar-refractivity contribution in [3.63, 3.8) is 0 Å². The van der Waals surface area contributed by atoms with Crippen molar-refractivity contribution in [2.75, 3.05) is 13.2 Å². The number of benzene rings is 2. The van der Waals surface area contributed by atoms with E-state index in [-0.39, 0.29) is 21.8 Å². The van der Waals surface area contributed by atoms with Crippen LogP contribution < -0.4 is 4.74 Å². The monoisotopic (exact) mass is 402 g/mol. The highest BCUT2D eigenvalue weighted by Crippen LogP contribution is 2.39. The highest BCUT2D eigenvalue weighted by Gasteiger charge is 2.31. The van der Waals surface area contributed by atoms with Crippen LogP contribution in [0.4, 0.5) is 0 Å². The molecule has 1 saturated heterocycles. The third-order valence-electron chi connectivity index (χ3n) is 4.90. The number of epoxide rings is 1. The molecule has 1 heterocycles. The van der Waals surface area contributed by atoms with E-state index >= 15 is 0 Å². The lowest BCUT2D eigenvalue weighted by molar-refractivity contribution is 0.253. The molecule has 0 N–H and O–H groups in total. The van der Waals surface area contributed by atoms with Gasteiger partial charge in [0.2, 0.25) is 9.84 Å². The average Bonchev–Trinajstić information content (AvgIpc) is 3.42. The Morgan fingerprint density at radius 2 is 1.64 bits per heavy atom. The number of ether oxygens (including phenoxy) is 2. The topological polar surface area (TPSA) is 55.9 Å². The summed E-state index contributed by atoms with van der Waals surface area (Å²) in [5, 5.41) is 0. The van der Waals surface area contributed by atoms with Gasteiger partial charge in [0.05, 0.1) is 11.5 Å². The highest BCUT2D eigenvalue weighted by molar-refractivity contribution is 7.91. The molecule has 0 bridgehead atoms. The lowest BCUT2D eigenvalue weighted by Gasteiger charge is -2.25. The molecule has 0 amide bonds. The van der Waals surface area contributed by atoms with Gasteiger partial charge in [0.1, 0.15) is 23.4 Å². The molecular weight excluding hydrogens is 372 g/mol. The first-order valence-corrected chi connectivity index (χ1v) is 11.1. The summed E-state index contributed by atoms with van der Waals surface area (Å²) in [6, 6.07) is 12.6. The van der Waals surface area contributed by atoms with Crippen molar-refractivity contribution in [3.8, 4) is 5.75 Å². The van der Waals surface area contributed by atoms with Crippen molar-refractivity contribution in [3.05, 3.63) is 53.6 Å². The van der Waals surface area contributed by atoms with Crippen molar-refractivity contribution in [2.45, 2.75) is 68.3 Å². The molecule has 2 aromatic rings. The molecule has 2 aromatic carbocycles. The minimum Gasteiger partial charge on any atom is -0.489 e. The van der Waals surface area contributed by atoms with Gasteiger partial charge < -0.3 is 9.47 Å². The van der Waals surface area contributed by atoms with Crippen LogP contribution in [0, 0.1) is 0 Å². The van der Waals surface area contributed by atoms with Crippen LogP contribution >= 0.6 is 0 Å². The van der Waals surface area contributed by atoms with E-state index < -0.39 is 9.84 Å². The number of hydrogen-bond donors (Lipinski definition) is 0. The lowest BCUT2D eigenvalue weighted by atomic mass is 9.86. The minimum absolute atomic E-state index is 0.0489. The van der Waals surface area contributed by atoms with Gasteiger partial charge in [-0.2, -0.15) is 0 Å². The van der Waals surface area contributed by atoms with Gasteiger partial charge in [-0.25, -0.2) is 8.42 Å². The number of rotatable bonds is 5. The summed E-state index contributed by atoms with van der Waals surface area (Å²) in [5.41, 5.74) is 1.47. The van der Waals surface area contributed by atoms with E-state index in [1.165, 1.54) is 0 Å². The molecule has 0 spiro atoms. The fourth-order valence-electron chi connectivity index (χ4n) is 3.06. The van der Waals surface area contributed by atoms with Gasteiger partial charge in [0, 0.05) is 5.56 Å². The van der Waals surface area contributed by atoms with Gasteiger partial charge >= 0.3 is 0 Å². The van der Waals surface area contributed by atoms with Crippen LogP contribution in [0.5, 0.6) is 5.75 Å². The van der Waals surface area contributed by atoms with E-state index in [0.717, 1.165) is 11.1 Å². The minimum atomic E-state index is -3.73. The second-order valence-corrected chi connectivity index (χ2v) is 11.3. The lowest BCUT2D eigenvalue weighted by Crippen LogP contribution is -2.18. The summed E-state index contributed by atoms with van der Waals surface area (Å²) in [6.45, 7) is 13.4. The molecule has 152 valence electrons. The Kier molecular flexibility index (Phi) is 5.36. The third kappa shape index (κ3) is 4.41. The van der Waals surface area contributed by atoms with E-state index in [2.05, 4.69) is 41.5 Å². The predicted octanol–water partition coefficient (Wildman–Crippen LogP) is 4.89. The van der Waals surface area contributed by atoms with Crippen molar-refractivity contribution in [1.29, 1.82) is 0 Å². The molecule has 0 saturated carbocycles. The zero-order valence-electron chi connectivity index (χ0n) is 17.6. The van der Waals surface area contributed by atoms with Crippen LogP contribution in [0.25, 0.3) is 0 Å². The van der Waals surface area contributed by atoms with Gasteiger partial charge in [-0.15, -0.1) is 0 Å². The summed E-state index contributed by atoms with van der Waals surface area (Å²) >= 11 is 0. The Labute approximate surface area is 168 Å². The average molecular weight is 403 g/mol. The number of hydrogen-bond acceptors (Lipinski definition) is 4. The van der Waals surface area contributed by atoms with Crippen LogP contribution in [-0.2, 0) is 25.4 Å². The maximum Gasteiger partial charge on any atom is 0.210 e. The maximum absolute atomic E-state index is 13.6. The Hall–Kier alpha value is -1.85. The molecule has 5 heteroatoms. The summed E-state index contributed by atoms with van der Waals surface area (Å²) < 4.78 is 38.4. The fraction of sp³-hybridized carbons (Fsp3) is 0.478. The van der Waals surface area contributed by atoms with E-state index in [9.17, 15) is 8.42 Å². The highest BCUT2D eigenvalue weighted by atomic mass is 32.2. The van der Waals surface area contributed by atoms with Crippen LogP contribution in [0.2, 0.25) is 0 Å². The molecule has 28 heavy (non-hydrogen) atoms. The van der Waals surface area contributed by atoms with Gasteiger partial charge in [-0.05, 0) is 34.6 Å². The van der Waals surface area contributed by atoms with Crippen LogP contribution in [0.15, 0.2) is 52.3 Å². The fourth-order valence-corrected chi connectivity index (χ4v) is 4.53. The smallest absolute Gasteiger partial charge is 0.210 e. The van der Waals surface area contributed by atoms with Gasteiger partial charge in [0.25, 0.3) is 0 Å². The first-order chi connectivity index (χ1) is 12.9. The van der Waals surface area contributed by atoms with E-state index in [0.29, 0.717) is 23.9 Å². The van der Waals surface area contributed by atoms with Crippen molar-refractivity contribution < 1.29 is 17.9 Å². The molecule has 0 aliphatic carbocycles. The Balaban J connectivity index is 2.13. The molecular formula is C23H30O4S. The quantitative estimate of drug-likeness (QED) is 0.668. The van der Waals surface area contributed by atoms with Gasteiger partial charge in [-0.1, -0.05) is 65.8 Å². The Bertz CT molecular complexity index is 959. The molecule has 1 aliphatic rings. The van der Waals surface area contributed by atoms with Gasteiger partial charge in [0.15, 0.2) is 0 Å². The van der Waals surface area contributed by atoms with Crippen molar-refractivity contribution in [2.24, 2.45) is 0 Å². The number of para-hydroxylation sites is 1. The van der Waals surface area contributed by atoms with Crippen LogP contribution in [0.3, 0.4) is 0 Å². The molecule has 1 aliphatic heterocycles. The molecule has 3 rings (SSSR count). The van der Waals surface area contributed by atoms with E-state index in [1.54, 1.807) is 30.3 Å². The first kappa shape index (κ1) is 20.9. The molecule has 0 radical (unpaired) electrons. The molecule has 1 atom stereocenters. The zero-order chi connectivity index (χ0) is 20.7. The summed E-state index contributed by atoms with van der Waals surface area (Å²) in [5.74, 6) is 0.437. The third-order valence-corrected chi connectivity index (χ3v) is 6.68. The second-order valence-electron chi connectivity index (χ2n) is 9.43. The Morgan fingerprint density at radius 1 is 1.00 bits per heavy atom. The van der Waals surface area contributed by atoms with E-state index in [4.69, 9.17) is 9.47 Å². The summed E-state index contributed by atoms with van der Waals surface area (Å²) in [7, 11) is -3.73. The summed E-state index contributed by atoms with van der Waals surface area (Å²) in [6.07, 6.45) is 0.0489. The van der Waals surface area contributed by atoms with Crippen LogP contribution in [-0.4, -0.2) is 27.7 Å². The SMILES string of the molecule is CC(C)(C)c1cccc(S(=O)(=O)c2cccc(C(C)(C)C)c2OCC2CO2)c1. The molecule has 4 nitrogen and oxygen atoms in total. The second kappa shape index (κ2) is 7.20. The maximum atomic E-state index is 13.6. The Morgan fingerprint density at radius 3 is 2.21 bits per heavy atom. The van der Waals surface area contributed by atoms with Crippen LogP contribution in [0.1, 0.15) is 52.7 Å².